The second-order valence-electron chi connectivity index (χ2n) is 2.72. The Morgan fingerprint density at radius 2 is 1.62 bits per heavy atom. The largest absolute Gasteiger partial charge is 0.268 e. The second kappa shape index (κ2) is 2.03. The Morgan fingerprint density at radius 3 is 1.75 bits per heavy atom. The lowest BCUT2D eigenvalue weighted by atomic mass is 10.2. The van der Waals surface area contributed by atoms with Crippen LogP contribution in [-0.2, 0) is 0 Å². The molecule has 0 aromatic carbocycles. The van der Waals surface area contributed by atoms with Gasteiger partial charge in [0.1, 0.15) is 0 Å². The van der Waals surface area contributed by atoms with Crippen LogP contribution in [0.25, 0.3) is 0 Å². The zero-order valence-corrected chi connectivity index (χ0v) is 5.59. The van der Waals surface area contributed by atoms with Gasteiger partial charge in [-0.25, -0.2) is 5.01 Å². The van der Waals surface area contributed by atoms with Crippen molar-refractivity contribution in [3.05, 3.63) is 0 Å². The highest BCUT2D eigenvalue weighted by molar-refractivity contribution is 4.77. The Morgan fingerprint density at radius 1 is 1.25 bits per heavy atom. The highest BCUT2D eigenvalue weighted by atomic mass is 15.4. The molecule has 2 unspecified atom stereocenters. The fraction of sp³-hybridized carbons (Fsp3) is 1.00. The van der Waals surface area contributed by atoms with Crippen LogP contribution < -0.4 is 5.84 Å². The predicted molar refractivity (Wildman–Crippen MR) is 34.2 cm³/mol. The van der Waals surface area contributed by atoms with Crippen LogP contribution in [0.3, 0.4) is 0 Å². The van der Waals surface area contributed by atoms with Gasteiger partial charge in [0.15, 0.2) is 0 Å². The summed E-state index contributed by atoms with van der Waals surface area (Å²) in [7, 11) is 0. The van der Waals surface area contributed by atoms with E-state index in [1.807, 2.05) is 5.01 Å². The van der Waals surface area contributed by atoms with Gasteiger partial charge < -0.3 is 0 Å². The molecule has 1 rings (SSSR count). The van der Waals surface area contributed by atoms with Crippen molar-refractivity contribution < 1.29 is 0 Å². The monoisotopic (exact) mass is 114 g/mol. The molecule has 0 spiro atoms. The number of nitrogens with two attached hydrogens (primary N) is 1. The topological polar surface area (TPSA) is 29.3 Å². The van der Waals surface area contributed by atoms with Crippen LogP contribution in [0.1, 0.15) is 26.7 Å². The number of hydrogen-bond acceptors (Lipinski definition) is 2. The van der Waals surface area contributed by atoms with E-state index in [0.29, 0.717) is 12.1 Å². The molecular weight excluding hydrogens is 100 g/mol. The standard InChI is InChI=1S/C6H14N2/c1-5-3-4-6(2)8(5)7/h5-6H,3-4,7H2,1-2H3. The molecule has 48 valence electrons. The van der Waals surface area contributed by atoms with Gasteiger partial charge in [0.25, 0.3) is 0 Å². The van der Waals surface area contributed by atoms with Crippen molar-refractivity contribution in [3.8, 4) is 0 Å². The highest BCUT2D eigenvalue weighted by Crippen LogP contribution is 2.18. The first-order valence-electron chi connectivity index (χ1n) is 3.25. The van der Waals surface area contributed by atoms with Gasteiger partial charge in [0.2, 0.25) is 0 Å². The van der Waals surface area contributed by atoms with Crippen LogP contribution in [-0.4, -0.2) is 17.1 Å². The molecule has 0 radical (unpaired) electrons. The maximum Gasteiger partial charge on any atom is 0.0216 e. The minimum atomic E-state index is 0.602. The quantitative estimate of drug-likeness (QED) is 0.470. The molecule has 2 nitrogen and oxygen atoms in total. The molecule has 0 aromatic rings. The second-order valence-corrected chi connectivity index (χ2v) is 2.72. The summed E-state index contributed by atoms with van der Waals surface area (Å²) in [5, 5.41) is 1.94. The first-order valence-corrected chi connectivity index (χ1v) is 3.25. The van der Waals surface area contributed by atoms with Gasteiger partial charge >= 0.3 is 0 Å². The van der Waals surface area contributed by atoms with Crippen LogP contribution in [0, 0.1) is 0 Å². The normalized spacial score (nSPS) is 40.9. The van der Waals surface area contributed by atoms with Crippen molar-refractivity contribution in [2.45, 2.75) is 38.8 Å². The van der Waals surface area contributed by atoms with Gasteiger partial charge in [-0.15, -0.1) is 0 Å². The molecule has 1 aliphatic heterocycles. The number of hydrogen-bond donors (Lipinski definition) is 1. The first kappa shape index (κ1) is 6.05. The van der Waals surface area contributed by atoms with E-state index in [-0.39, 0.29) is 0 Å². The fourth-order valence-corrected chi connectivity index (χ4v) is 1.21. The summed E-state index contributed by atoms with van der Waals surface area (Å²) < 4.78 is 0. The fourth-order valence-electron chi connectivity index (χ4n) is 1.21. The van der Waals surface area contributed by atoms with Gasteiger partial charge in [-0.05, 0) is 26.7 Å². The Balaban J connectivity index is 2.44. The van der Waals surface area contributed by atoms with Gasteiger partial charge in [0, 0.05) is 12.1 Å². The summed E-state index contributed by atoms with van der Waals surface area (Å²) in [6.07, 6.45) is 2.52. The highest BCUT2D eigenvalue weighted by Gasteiger charge is 2.23. The van der Waals surface area contributed by atoms with Crippen molar-refractivity contribution >= 4 is 0 Å². The molecule has 0 bridgehead atoms. The van der Waals surface area contributed by atoms with E-state index in [0.717, 1.165) is 0 Å². The van der Waals surface area contributed by atoms with E-state index in [1.165, 1.54) is 12.8 Å². The van der Waals surface area contributed by atoms with Gasteiger partial charge in [-0.3, -0.25) is 5.84 Å². The Bertz CT molecular complexity index is 72.6. The molecule has 0 aliphatic carbocycles. The molecular formula is C6H14N2. The average molecular weight is 114 g/mol. The van der Waals surface area contributed by atoms with Crippen molar-refractivity contribution in [3.63, 3.8) is 0 Å². The third kappa shape index (κ3) is 0.858. The summed E-state index contributed by atoms with van der Waals surface area (Å²) >= 11 is 0. The van der Waals surface area contributed by atoms with Gasteiger partial charge in [-0.1, -0.05) is 0 Å². The van der Waals surface area contributed by atoms with Crippen molar-refractivity contribution in [1.82, 2.24) is 5.01 Å². The van der Waals surface area contributed by atoms with Crippen LogP contribution in [0.15, 0.2) is 0 Å². The maximum absolute atomic E-state index is 5.66. The Kier molecular flexibility index (Phi) is 1.54. The molecule has 2 N–H and O–H groups in total. The minimum absolute atomic E-state index is 0.602. The SMILES string of the molecule is CC1CCC(C)N1N. The lowest BCUT2D eigenvalue weighted by molar-refractivity contribution is 0.220. The van der Waals surface area contributed by atoms with Gasteiger partial charge in [0.05, 0.1) is 0 Å². The molecule has 1 fully saturated rings. The lowest BCUT2D eigenvalue weighted by Crippen LogP contribution is -2.38. The van der Waals surface area contributed by atoms with Crippen LogP contribution in [0.2, 0.25) is 0 Å². The van der Waals surface area contributed by atoms with E-state index in [4.69, 9.17) is 5.84 Å². The zero-order chi connectivity index (χ0) is 6.15. The number of rotatable bonds is 0. The van der Waals surface area contributed by atoms with Crippen molar-refractivity contribution in [2.75, 3.05) is 0 Å². The molecule has 2 atom stereocenters. The summed E-state index contributed by atoms with van der Waals surface area (Å²) in [5.41, 5.74) is 0. The van der Waals surface area contributed by atoms with E-state index < -0.39 is 0 Å². The minimum Gasteiger partial charge on any atom is -0.268 e. The third-order valence-electron chi connectivity index (χ3n) is 2.02. The molecule has 0 saturated carbocycles. The predicted octanol–water partition coefficient (Wildman–Crippen LogP) is 0.733. The van der Waals surface area contributed by atoms with E-state index in [2.05, 4.69) is 13.8 Å². The van der Waals surface area contributed by atoms with Crippen LogP contribution >= 0.6 is 0 Å². The molecule has 1 aliphatic rings. The molecule has 0 amide bonds. The van der Waals surface area contributed by atoms with E-state index >= 15 is 0 Å². The number of nitrogens with zero attached hydrogens (tertiary/aromatic N) is 1. The molecule has 2 heteroatoms. The first-order chi connectivity index (χ1) is 3.72. The summed E-state index contributed by atoms with van der Waals surface area (Å²) in [6, 6.07) is 1.20. The van der Waals surface area contributed by atoms with E-state index in [9.17, 15) is 0 Å². The van der Waals surface area contributed by atoms with Crippen LogP contribution in [0.4, 0.5) is 0 Å². The maximum atomic E-state index is 5.66. The molecule has 0 aromatic heterocycles. The Labute approximate surface area is 50.6 Å². The smallest absolute Gasteiger partial charge is 0.0216 e. The summed E-state index contributed by atoms with van der Waals surface area (Å²) in [5.74, 6) is 5.66. The van der Waals surface area contributed by atoms with Crippen molar-refractivity contribution in [1.29, 1.82) is 0 Å². The lowest BCUT2D eigenvalue weighted by Gasteiger charge is -2.18. The summed E-state index contributed by atoms with van der Waals surface area (Å²) in [6.45, 7) is 4.34. The Hall–Kier alpha value is -0.0800. The average Bonchev–Trinajstić information content (AvgIpc) is 1.98. The third-order valence-corrected chi connectivity index (χ3v) is 2.02. The van der Waals surface area contributed by atoms with Crippen molar-refractivity contribution in [2.24, 2.45) is 5.84 Å². The molecule has 8 heavy (non-hydrogen) atoms. The van der Waals surface area contributed by atoms with Gasteiger partial charge in [-0.2, -0.15) is 0 Å². The zero-order valence-electron chi connectivity index (χ0n) is 5.59. The van der Waals surface area contributed by atoms with E-state index in [1.54, 1.807) is 0 Å². The molecule has 1 saturated heterocycles. The molecule has 1 heterocycles. The van der Waals surface area contributed by atoms with Crippen LogP contribution in [0.5, 0.6) is 0 Å². The number of hydrazine groups is 1. The summed E-state index contributed by atoms with van der Waals surface area (Å²) in [4.78, 5) is 0.